The first kappa shape index (κ1) is 29.5. The van der Waals surface area contributed by atoms with Gasteiger partial charge in [-0.15, -0.1) is 11.3 Å². The van der Waals surface area contributed by atoms with Crippen molar-refractivity contribution < 1.29 is 19.1 Å². The lowest BCUT2D eigenvalue weighted by molar-refractivity contribution is 0.0739. The van der Waals surface area contributed by atoms with E-state index in [1.807, 2.05) is 19.1 Å². The molecule has 5 aromatic rings. The topological polar surface area (TPSA) is 96.9 Å². The van der Waals surface area contributed by atoms with Gasteiger partial charge in [0, 0.05) is 42.0 Å². The minimum Gasteiger partial charge on any atom is -0.422 e. The first-order valence-electron chi connectivity index (χ1n) is 12.4. The Morgan fingerprint density at radius 2 is 1.57 bits per heavy atom. The lowest BCUT2D eigenvalue weighted by Crippen LogP contribution is -2.18. The normalized spacial score (nSPS) is 11.0. The van der Waals surface area contributed by atoms with Crippen LogP contribution in [-0.4, -0.2) is 24.0 Å². The monoisotopic (exact) mass is 679 g/mol. The Hall–Kier alpha value is -4.02. The molecule has 0 aliphatic rings. The molecule has 210 valence electrons. The van der Waals surface area contributed by atoms with Gasteiger partial charge in [0.15, 0.2) is 0 Å². The molecule has 11 heteroatoms. The molecule has 0 aliphatic carbocycles. The van der Waals surface area contributed by atoms with E-state index in [9.17, 15) is 14.4 Å². The Morgan fingerprint density at radius 1 is 0.881 bits per heavy atom. The van der Waals surface area contributed by atoms with E-state index in [0.29, 0.717) is 37.3 Å². The highest BCUT2D eigenvalue weighted by atomic mass is 79.9. The number of amides is 2. The van der Waals surface area contributed by atoms with Gasteiger partial charge in [0.2, 0.25) is 0 Å². The van der Waals surface area contributed by atoms with Crippen molar-refractivity contribution in [1.82, 2.24) is 5.43 Å². The summed E-state index contributed by atoms with van der Waals surface area (Å²) in [5.41, 5.74) is 5.37. The molecule has 0 aliphatic heterocycles. The number of carbonyl (C=O) groups is 3. The van der Waals surface area contributed by atoms with Crippen molar-refractivity contribution >= 4 is 90.2 Å². The van der Waals surface area contributed by atoms with Crippen LogP contribution in [-0.2, 0) is 0 Å². The van der Waals surface area contributed by atoms with Crippen molar-refractivity contribution in [1.29, 1.82) is 0 Å². The molecule has 0 saturated heterocycles. The zero-order valence-electron chi connectivity index (χ0n) is 21.8. The second-order valence-corrected chi connectivity index (χ2v) is 11.8. The smallest absolute Gasteiger partial charge is 0.355 e. The predicted molar refractivity (Wildman–Crippen MR) is 172 cm³/mol. The number of hydrogen-bond donors (Lipinski definition) is 2. The van der Waals surface area contributed by atoms with Crippen LogP contribution in [0.15, 0.2) is 94.5 Å². The molecule has 0 unspecified atom stereocenters. The number of halogens is 3. The number of aryl methyl sites for hydroxylation is 1. The number of nitrogens with zero attached hydrogens (tertiary/aromatic N) is 1. The third kappa shape index (κ3) is 6.88. The van der Waals surface area contributed by atoms with Gasteiger partial charge in [-0.05, 0) is 73.7 Å². The first-order chi connectivity index (χ1) is 20.2. The zero-order valence-corrected chi connectivity index (χ0v) is 25.7. The van der Waals surface area contributed by atoms with Gasteiger partial charge in [0.1, 0.15) is 10.6 Å². The third-order valence-electron chi connectivity index (χ3n) is 6.04. The molecule has 1 aromatic heterocycles. The van der Waals surface area contributed by atoms with Crippen molar-refractivity contribution in [3.63, 3.8) is 0 Å². The Kier molecular flexibility index (Phi) is 9.03. The molecule has 7 nitrogen and oxygen atoms in total. The number of hydrazone groups is 1. The maximum absolute atomic E-state index is 13.0. The SMILES string of the molecule is Cc1ccc(C(=O)Nc2ccc(C(=O)N/N=C\c3cc(Br)ccc3OC(=O)c3sc4cc(Cl)ccc4c3Cl)cc2)cc1. The molecule has 0 radical (unpaired) electrons. The van der Waals surface area contributed by atoms with E-state index in [0.717, 1.165) is 10.3 Å². The van der Waals surface area contributed by atoms with Gasteiger partial charge in [-0.25, -0.2) is 10.2 Å². The summed E-state index contributed by atoms with van der Waals surface area (Å²) in [6.07, 6.45) is 1.37. The number of carbonyl (C=O) groups excluding carboxylic acids is 3. The standard InChI is InChI=1S/C31H20BrCl2N3O4S/c1-17-2-4-18(5-3-17)29(38)36-23-10-6-19(7-11-23)30(39)37-35-16-20-14-21(32)8-13-25(20)41-31(40)28-27(34)24-12-9-22(33)15-26(24)42-28/h2-16H,1H3,(H,36,38)(H,37,39)/b35-16-. The fourth-order valence-corrected chi connectivity index (χ4v) is 5.91. The molecule has 0 atom stereocenters. The van der Waals surface area contributed by atoms with Crippen LogP contribution in [0.1, 0.15) is 41.5 Å². The van der Waals surface area contributed by atoms with Gasteiger partial charge in [-0.1, -0.05) is 62.9 Å². The Bertz CT molecular complexity index is 1860. The number of benzene rings is 4. The summed E-state index contributed by atoms with van der Waals surface area (Å²) in [6, 6.07) is 23.8. The quantitative estimate of drug-likeness (QED) is 0.0780. The number of fused-ring (bicyclic) bond motifs is 1. The van der Waals surface area contributed by atoms with Gasteiger partial charge in [-0.3, -0.25) is 9.59 Å². The van der Waals surface area contributed by atoms with Gasteiger partial charge < -0.3 is 10.1 Å². The summed E-state index contributed by atoms with van der Waals surface area (Å²) in [4.78, 5) is 38.3. The first-order valence-corrected chi connectivity index (χ1v) is 14.8. The van der Waals surface area contributed by atoms with Crippen LogP contribution in [0, 0.1) is 6.92 Å². The second kappa shape index (κ2) is 12.9. The summed E-state index contributed by atoms with van der Waals surface area (Å²) in [6.45, 7) is 1.95. The molecule has 0 spiro atoms. The fraction of sp³-hybridized carbons (Fsp3) is 0.0323. The van der Waals surface area contributed by atoms with Gasteiger partial charge in [0.05, 0.1) is 11.2 Å². The van der Waals surface area contributed by atoms with E-state index >= 15 is 0 Å². The van der Waals surface area contributed by atoms with E-state index in [1.54, 1.807) is 72.8 Å². The maximum atomic E-state index is 13.0. The number of ether oxygens (including phenoxy) is 1. The van der Waals surface area contributed by atoms with Crippen LogP contribution in [0.5, 0.6) is 5.75 Å². The number of rotatable bonds is 7. The van der Waals surface area contributed by atoms with Crippen molar-refractivity contribution in [2.75, 3.05) is 5.32 Å². The van der Waals surface area contributed by atoms with Crippen LogP contribution in [0.2, 0.25) is 10.0 Å². The molecule has 4 aromatic carbocycles. The minimum absolute atomic E-state index is 0.224. The van der Waals surface area contributed by atoms with Crippen LogP contribution in [0.25, 0.3) is 10.1 Å². The summed E-state index contributed by atoms with van der Waals surface area (Å²) in [5.74, 6) is -1.12. The fourth-order valence-electron chi connectivity index (χ4n) is 3.87. The molecule has 0 bridgehead atoms. The van der Waals surface area contributed by atoms with Crippen LogP contribution < -0.4 is 15.5 Å². The van der Waals surface area contributed by atoms with Crippen LogP contribution in [0.4, 0.5) is 5.69 Å². The number of esters is 1. The highest BCUT2D eigenvalue weighted by Gasteiger charge is 2.20. The van der Waals surface area contributed by atoms with E-state index in [4.69, 9.17) is 27.9 Å². The number of nitrogens with one attached hydrogen (secondary N) is 2. The summed E-state index contributed by atoms with van der Waals surface area (Å²) < 4.78 is 7.13. The van der Waals surface area contributed by atoms with Gasteiger partial charge in [0.25, 0.3) is 11.8 Å². The maximum Gasteiger partial charge on any atom is 0.355 e. The largest absolute Gasteiger partial charge is 0.422 e. The van der Waals surface area contributed by atoms with E-state index < -0.39 is 11.9 Å². The summed E-state index contributed by atoms with van der Waals surface area (Å²) in [5, 5.41) is 8.37. The molecule has 0 saturated carbocycles. The Morgan fingerprint density at radius 3 is 2.31 bits per heavy atom. The summed E-state index contributed by atoms with van der Waals surface area (Å²) in [7, 11) is 0. The highest BCUT2D eigenvalue weighted by Crippen LogP contribution is 2.37. The van der Waals surface area contributed by atoms with E-state index in [-0.39, 0.29) is 21.6 Å². The van der Waals surface area contributed by atoms with E-state index in [2.05, 4.69) is 31.8 Å². The average molecular weight is 681 g/mol. The zero-order chi connectivity index (χ0) is 29.8. The second-order valence-electron chi connectivity index (χ2n) is 9.05. The Balaban J connectivity index is 1.24. The van der Waals surface area contributed by atoms with Crippen molar-refractivity contribution in [2.45, 2.75) is 6.92 Å². The van der Waals surface area contributed by atoms with Crippen molar-refractivity contribution in [3.8, 4) is 5.75 Å². The number of anilines is 1. The molecule has 0 fully saturated rings. The van der Waals surface area contributed by atoms with Crippen LogP contribution in [0.3, 0.4) is 0 Å². The molecular weight excluding hydrogens is 661 g/mol. The molecule has 5 rings (SSSR count). The lowest BCUT2D eigenvalue weighted by Gasteiger charge is -2.08. The third-order valence-corrected chi connectivity index (χ3v) is 8.41. The lowest BCUT2D eigenvalue weighted by atomic mass is 10.1. The molecule has 2 N–H and O–H groups in total. The molecular formula is C31H20BrCl2N3O4S. The predicted octanol–water partition coefficient (Wildman–Crippen LogP) is 8.51. The average Bonchev–Trinajstić information content (AvgIpc) is 3.30. The number of hydrogen-bond acceptors (Lipinski definition) is 6. The van der Waals surface area contributed by atoms with Gasteiger partial charge in [-0.2, -0.15) is 5.10 Å². The summed E-state index contributed by atoms with van der Waals surface area (Å²) >= 11 is 17.1. The molecule has 2 amide bonds. The minimum atomic E-state index is -0.632. The van der Waals surface area contributed by atoms with E-state index in [1.165, 1.54) is 17.6 Å². The van der Waals surface area contributed by atoms with Gasteiger partial charge >= 0.3 is 5.97 Å². The molecule has 1 heterocycles. The molecule has 42 heavy (non-hydrogen) atoms. The highest BCUT2D eigenvalue weighted by molar-refractivity contribution is 9.10. The van der Waals surface area contributed by atoms with Crippen molar-refractivity contribution in [2.24, 2.45) is 5.10 Å². The number of thiophene rings is 1. The Labute approximate surface area is 263 Å². The van der Waals surface area contributed by atoms with Crippen molar-refractivity contribution in [3.05, 3.63) is 127 Å². The van der Waals surface area contributed by atoms with Crippen LogP contribution >= 0.6 is 50.5 Å².